The fourth-order valence-electron chi connectivity index (χ4n) is 7.67. The average Bonchev–Trinajstić information content (AvgIpc) is 3.08. The molecule has 1 amide bonds. The van der Waals surface area contributed by atoms with Crippen molar-refractivity contribution in [2.75, 3.05) is 13.7 Å². The molecule has 274 valence electrons. The lowest BCUT2D eigenvalue weighted by Gasteiger charge is -2.44. The molecule has 7 atom stereocenters. The number of phenols is 2. The summed E-state index contributed by atoms with van der Waals surface area (Å²) >= 11 is 0. The number of ether oxygens (including phenoxy) is 3. The monoisotopic (exact) mass is 710 g/mol. The molecule has 4 aliphatic rings. The molecule has 0 aromatic heterocycles. The number of carboxylic acid groups (broad SMARTS) is 1. The molecule has 15 nitrogen and oxygen atoms in total. The first kappa shape index (κ1) is 36.4. The quantitative estimate of drug-likeness (QED) is 0.101. The lowest BCUT2D eigenvalue weighted by molar-refractivity contribution is -0.252. The Kier molecular flexibility index (Phi) is 10.2. The Hall–Kier alpha value is -4.38. The van der Waals surface area contributed by atoms with Crippen molar-refractivity contribution in [2.24, 2.45) is 0 Å². The van der Waals surface area contributed by atoms with Gasteiger partial charge in [-0.2, -0.15) is 0 Å². The maximum absolute atomic E-state index is 13.9. The highest BCUT2D eigenvalue weighted by Gasteiger charge is 2.50. The average molecular weight is 711 g/mol. The molecule has 0 radical (unpaired) electrons. The molecule has 1 fully saturated rings. The smallest absolute Gasteiger partial charge is 0.422 e. The maximum Gasteiger partial charge on any atom is 0.422 e. The minimum absolute atomic E-state index is 0.0656. The molecule has 15 heteroatoms. The van der Waals surface area contributed by atoms with Gasteiger partial charge in [0, 0.05) is 36.0 Å². The number of carbonyl (C=O) groups excluding carboxylic acids is 3. The Morgan fingerprint density at radius 1 is 1.08 bits per heavy atom. The molecule has 0 bridgehead atoms. The van der Waals surface area contributed by atoms with E-state index in [-0.39, 0.29) is 34.4 Å². The second-order valence-corrected chi connectivity index (χ2v) is 13.5. The summed E-state index contributed by atoms with van der Waals surface area (Å²) in [7, 11) is 1.31. The van der Waals surface area contributed by atoms with Gasteiger partial charge >= 0.3 is 6.09 Å². The molecule has 2 aromatic carbocycles. The molecule has 6 rings (SSSR count). The van der Waals surface area contributed by atoms with Gasteiger partial charge < -0.3 is 44.8 Å². The van der Waals surface area contributed by atoms with Gasteiger partial charge in [-0.3, -0.25) is 14.4 Å². The van der Waals surface area contributed by atoms with Crippen LogP contribution in [0, 0.1) is 0 Å². The Labute approximate surface area is 293 Å². The number of Topliss-reactive ketones (excluding diaryl/α,β-unsaturated/α-hetero) is 1. The molecule has 0 spiro atoms. The predicted molar refractivity (Wildman–Crippen MR) is 177 cm³/mol. The van der Waals surface area contributed by atoms with Gasteiger partial charge in [0.25, 0.3) is 0 Å². The minimum atomic E-state index is -2.34. The number of fused-ring (bicyclic) bond motifs is 3. The first-order valence-corrected chi connectivity index (χ1v) is 17.0. The van der Waals surface area contributed by atoms with E-state index in [1.54, 1.807) is 6.92 Å². The number of hydrazine groups is 1. The van der Waals surface area contributed by atoms with E-state index in [0.717, 1.165) is 30.7 Å². The number of benzene rings is 2. The van der Waals surface area contributed by atoms with Gasteiger partial charge in [0.05, 0.1) is 54.2 Å². The van der Waals surface area contributed by atoms with Crippen LogP contribution in [0.2, 0.25) is 0 Å². The number of nitrogens with one attached hydrogen (secondary N) is 1. The van der Waals surface area contributed by atoms with Gasteiger partial charge in [-0.15, -0.1) is 0 Å². The number of methoxy groups -OCH3 is 1. The molecule has 5 unspecified atom stereocenters. The summed E-state index contributed by atoms with van der Waals surface area (Å²) in [5.41, 5.74) is -1.08. The largest absolute Gasteiger partial charge is 0.507 e. The number of hydrogen-bond donors (Lipinski definition) is 7. The fourth-order valence-corrected chi connectivity index (χ4v) is 7.67. The summed E-state index contributed by atoms with van der Waals surface area (Å²) < 4.78 is 17.5. The fraction of sp³-hybridized carbons (Fsp3) is 0.500. The van der Waals surface area contributed by atoms with E-state index in [1.165, 1.54) is 25.3 Å². The van der Waals surface area contributed by atoms with Crippen molar-refractivity contribution >= 4 is 23.4 Å². The van der Waals surface area contributed by atoms with Crippen molar-refractivity contribution in [3.05, 3.63) is 63.7 Å². The van der Waals surface area contributed by atoms with Crippen molar-refractivity contribution < 1.29 is 64.0 Å². The number of ketones is 3. The first-order chi connectivity index (χ1) is 24.3. The van der Waals surface area contributed by atoms with Gasteiger partial charge in [0.15, 0.2) is 17.9 Å². The summed E-state index contributed by atoms with van der Waals surface area (Å²) in [6, 6.07) is 2.89. The number of nitrogens with zero attached hydrogens (tertiary/aromatic N) is 1. The van der Waals surface area contributed by atoms with Crippen LogP contribution >= 0.6 is 0 Å². The Balaban J connectivity index is 1.38. The van der Waals surface area contributed by atoms with E-state index >= 15 is 0 Å². The van der Waals surface area contributed by atoms with E-state index in [0.29, 0.717) is 6.42 Å². The summed E-state index contributed by atoms with van der Waals surface area (Å²) in [6.45, 7) is 0.474. The highest BCUT2D eigenvalue weighted by Crippen LogP contribution is 2.52. The van der Waals surface area contributed by atoms with E-state index in [1.807, 2.05) is 12.2 Å². The zero-order valence-corrected chi connectivity index (χ0v) is 28.2. The molecule has 2 aromatic rings. The summed E-state index contributed by atoms with van der Waals surface area (Å²) in [6.07, 6.45) is 0.456. The lowest BCUT2D eigenvalue weighted by Crippen LogP contribution is -2.61. The van der Waals surface area contributed by atoms with E-state index < -0.39 is 108 Å². The van der Waals surface area contributed by atoms with Crippen molar-refractivity contribution in [3.8, 4) is 17.2 Å². The molecule has 1 saturated heterocycles. The molecule has 0 saturated carbocycles. The van der Waals surface area contributed by atoms with Crippen molar-refractivity contribution in [1.82, 2.24) is 10.4 Å². The number of allylic oxidation sites excluding steroid dienone is 1. The van der Waals surface area contributed by atoms with Crippen LogP contribution in [-0.4, -0.2) is 109 Å². The summed E-state index contributed by atoms with van der Waals surface area (Å²) in [5.74, 6) is -4.04. The van der Waals surface area contributed by atoms with E-state index in [4.69, 9.17) is 14.2 Å². The van der Waals surface area contributed by atoms with Gasteiger partial charge in [-0.1, -0.05) is 37.1 Å². The molecule has 3 aliphatic carbocycles. The second-order valence-electron chi connectivity index (χ2n) is 13.5. The molecular weight excluding hydrogens is 668 g/mol. The number of aliphatic hydroxyl groups is 3. The van der Waals surface area contributed by atoms with Crippen molar-refractivity contribution in [1.29, 1.82) is 0 Å². The maximum atomic E-state index is 13.9. The number of carbonyl (C=O) groups is 4. The van der Waals surface area contributed by atoms with Crippen LogP contribution in [0.3, 0.4) is 0 Å². The Morgan fingerprint density at radius 3 is 2.53 bits per heavy atom. The number of hydrogen-bond acceptors (Lipinski definition) is 13. The van der Waals surface area contributed by atoms with Crippen molar-refractivity contribution in [3.63, 3.8) is 0 Å². The van der Waals surface area contributed by atoms with Gasteiger partial charge in [0.2, 0.25) is 5.78 Å². The first-order valence-electron chi connectivity index (χ1n) is 17.0. The third kappa shape index (κ3) is 6.49. The highest BCUT2D eigenvalue weighted by atomic mass is 16.7. The number of amides is 1. The molecule has 7 N–H and O–H groups in total. The zero-order chi connectivity index (χ0) is 36.8. The minimum Gasteiger partial charge on any atom is -0.507 e. The number of aliphatic hydroxyl groups excluding tert-OH is 2. The third-order valence-corrected chi connectivity index (χ3v) is 10.3. The zero-order valence-electron chi connectivity index (χ0n) is 28.2. The summed E-state index contributed by atoms with van der Waals surface area (Å²) in [5, 5.41) is 66.9. The second kappa shape index (κ2) is 14.3. The Morgan fingerprint density at radius 2 is 1.82 bits per heavy atom. The molecular formula is C36H42N2O13. The number of phenolic OH excluding ortho intramolecular Hbond substituents is 2. The highest BCUT2D eigenvalue weighted by molar-refractivity contribution is 6.31. The molecule has 51 heavy (non-hydrogen) atoms. The Bertz CT molecular complexity index is 1780. The standard InChI is InChI=1S/C36H42N2O13/c1-17-30(41)21(37-38(35(46)47)18-9-6-4-3-5-7-10-18)13-25(50-17)51-23-15-36(48,24(40)16-39)14-20-27(23)34(45)29-28(32(20)43)31(42)19-11-8-12-22(49-2)26(19)33(29)44/h6,8-9,11-12,17-18,21,23,25,30,37,39,41,43,45,48H,3-5,7,10,13-16H2,1-2H3,(H,46,47)/b9-6+/t17?,18?,21?,23-,25?,30?,36-/m0/s1. The normalized spacial score (nSPS) is 29.5. The van der Waals surface area contributed by atoms with Crippen LogP contribution in [-0.2, 0) is 20.7 Å². The third-order valence-electron chi connectivity index (χ3n) is 10.3. The van der Waals surface area contributed by atoms with Gasteiger partial charge in [-0.05, 0) is 32.3 Å². The van der Waals surface area contributed by atoms with Crippen LogP contribution in [0.5, 0.6) is 17.2 Å². The van der Waals surface area contributed by atoms with Crippen LogP contribution in [0.25, 0.3) is 0 Å². The summed E-state index contributed by atoms with van der Waals surface area (Å²) in [4.78, 5) is 53.0. The molecule has 1 heterocycles. The van der Waals surface area contributed by atoms with E-state index in [2.05, 4.69) is 5.43 Å². The number of aromatic hydroxyl groups is 2. The molecule has 1 aliphatic heterocycles. The van der Waals surface area contributed by atoms with Gasteiger partial charge in [0.1, 0.15) is 29.5 Å². The van der Waals surface area contributed by atoms with Crippen LogP contribution in [0.4, 0.5) is 4.79 Å². The topological polar surface area (TPSA) is 233 Å². The predicted octanol–water partition coefficient (Wildman–Crippen LogP) is 2.42. The van der Waals surface area contributed by atoms with Crippen molar-refractivity contribution in [2.45, 2.75) is 101 Å². The van der Waals surface area contributed by atoms with E-state index in [9.17, 15) is 49.8 Å². The van der Waals surface area contributed by atoms with Crippen LogP contribution in [0.15, 0.2) is 30.4 Å². The van der Waals surface area contributed by atoms with Gasteiger partial charge in [-0.25, -0.2) is 15.2 Å². The van der Waals surface area contributed by atoms with Crippen LogP contribution < -0.4 is 10.2 Å². The SMILES string of the molecule is COc1cccc2c1C(=O)c1c(O)c3c(c(O)c1C2=O)C[C@@](O)(C(=O)CO)C[C@@H]3OC1CC(NN(C(=O)O)C2/C=C/CCCCC2)C(O)C(C)O1. The lowest BCUT2D eigenvalue weighted by atomic mass is 9.72. The number of rotatable bonds is 8. The van der Waals surface area contributed by atoms with Crippen LogP contribution in [0.1, 0.15) is 101 Å².